The maximum atomic E-state index is 5.54. The average Bonchev–Trinajstić information content (AvgIpc) is 2.55. The Morgan fingerprint density at radius 3 is 2.92 bits per heavy atom. The van der Waals surface area contributed by atoms with Gasteiger partial charge in [-0.2, -0.15) is 0 Å². The second-order valence-corrected chi connectivity index (χ2v) is 3.88. The van der Waals surface area contributed by atoms with Crippen LogP contribution in [0.4, 0.5) is 5.13 Å². The van der Waals surface area contributed by atoms with E-state index in [1.807, 2.05) is 5.38 Å². The minimum absolute atomic E-state index is 0.390. The molecule has 0 aliphatic heterocycles. The summed E-state index contributed by atoms with van der Waals surface area (Å²) in [4.78, 5) is 4.14. The van der Waals surface area contributed by atoms with Crippen LogP contribution in [0.25, 0.3) is 0 Å². The van der Waals surface area contributed by atoms with Gasteiger partial charge in [-0.25, -0.2) is 4.98 Å². The van der Waals surface area contributed by atoms with Crippen LogP contribution in [0.3, 0.4) is 0 Å². The van der Waals surface area contributed by atoms with Crippen LogP contribution in [-0.2, 0) is 0 Å². The molecule has 0 bridgehead atoms. The van der Waals surface area contributed by atoms with Crippen molar-refractivity contribution in [3.8, 4) is 0 Å². The number of thiazole rings is 1. The highest BCUT2D eigenvalue weighted by Crippen LogP contribution is 2.14. The molecule has 0 radical (unpaired) electrons. The first-order valence-corrected chi connectivity index (χ1v) is 4.98. The van der Waals surface area contributed by atoms with Crippen LogP contribution in [0.15, 0.2) is 11.6 Å². The largest absolute Gasteiger partial charge is 0.359 e. The maximum absolute atomic E-state index is 5.54. The van der Waals surface area contributed by atoms with Crippen molar-refractivity contribution in [3.05, 3.63) is 11.6 Å². The minimum Gasteiger partial charge on any atom is -0.359 e. The molecule has 0 aliphatic carbocycles. The van der Waals surface area contributed by atoms with E-state index >= 15 is 0 Å². The summed E-state index contributed by atoms with van der Waals surface area (Å²) in [5.41, 5.74) is 5.54. The highest BCUT2D eigenvalue weighted by atomic mass is 32.1. The molecule has 3 N–H and O–H groups in total. The fourth-order valence-corrected chi connectivity index (χ4v) is 1.46. The van der Waals surface area contributed by atoms with Gasteiger partial charge in [0.2, 0.25) is 0 Å². The molecule has 0 fully saturated rings. The monoisotopic (exact) mass is 185 g/mol. The molecule has 12 heavy (non-hydrogen) atoms. The number of hydrogen-bond acceptors (Lipinski definition) is 4. The van der Waals surface area contributed by atoms with E-state index in [-0.39, 0.29) is 0 Å². The zero-order chi connectivity index (χ0) is 8.97. The van der Waals surface area contributed by atoms with Gasteiger partial charge in [0.05, 0.1) is 0 Å². The first kappa shape index (κ1) is 9.48. The fourth-order valence-electron chi connectivity index (χ4n) is 0.836. The number of nitrogens with two attached hydrogens (primary N) is 1. The Morgan fingerprint density at radius 2 is 2.42 bits per heavy atom. The summed E-state index contributed by atoms with van der Waals surface area (Å²) in [5.74, 6) is 0.480. The van der Waals surface area contributed by atoms with Crippen LogP contribution in [-0.4, -0.2) is 17.6 Å². The van der Waals surface area contributed by atoms with Gasteiger partial charge in [-0.15, -0.1) is 11.3 Å². The Morgan fingerprint density at radius 1 is 1.67 bits per heavy atom. The number of hydrogen-bond donors (Lipinski definition) is 2. The van der Waals surface area contributed by atoms with Gasteiger partial charge < -0.3 is 11.1 Å². The van der Waals surface area contributed by atoms with E-state index in [2.05, 4.69) is 24.1 Å². The summed E-state index contributed by atoms with van der Waals surface area (Å²) < 4.78 is 0. The third kappa shape index (κ3) is 2.46. The van der Waals surface area contributed by atoms with Crippen molar-refractivity contribution in [2.75, 3.05) is 11.9 Å². The smallest absolute Gasteiger partial charge is 0.182 e. The van der Waals surface area contributed by atoms with Crippen LogP contribution in [0.5, 0.6) is 0 Å². The van der Waals surface area contributed by atoms with Gasteiger partial charge in [-0.1, -0.05) is 6.92 Å². The van der Waals surface area contributed by atoms with E-state index in [1.54, 1.807) is 17.5 Å². The molecule has 1 aromatic rings. The molecular weight excluding hydrogens is 170 g/mol. The second-order valence-electron chi connectivity index (χ2n) is 2.98. The Hall–Kier alpha value is -0.610. The fraction of sp³-hybridized carbons (Fsp3) is 0.625. The molecule has 3 nitrogen and oxygen atoms in total. The molecule has 68 valence electrons. The van der Waals surface area contributed by atoms with Crippen LogP contribution in [0.1, 0.15) is 13.8 Å². The van der Waals surface area contributed by atoms with Crippen molar-refractivity contribution in [2.45, 2.75) is 19.9 Å². The summed E-state index contributed by atoms with van der Waals surface area (Å²) >= 11 is 1.62. The van der Waals surface area contributed by atoms with Crippen molar-refractivity contribution in [1.82, 2.24) is 4.98 Å². The molecular formula is C8H15N3S. The van der Waals surface area contributed by atoms with Crippen molar-refractivity contribution in [3.63, 3.8) is 0 Å². The Labute approximate surface area is 77.0 Å². The Balaban J connectivity index is 2.41. The lowest BCUT2D eigenvalue weighted by Gasteiger charge is -2.18. The van der Waals surface area contributed by atoms with Gasteiger partial charge >= 0.3 is 0 Å². The normalized spacial score (nSPS) is 15.6. The van der Waals surface area contributed by atoms with E-state index in [1.165, 1.54) is 0 Å². The highest BCUT2D eigenvalue weighted by Gasteiger charge is 2.10. The molecule has 1 rings (SSSR count). The third-order valence-corrected chi connectivity index (χ3v) is 2.71. The van der Waals surface area contributed by atoms with Gasteiger partial charge in [0, 0.05) is 17.6 Å². The summed E-state index contributed by atoms with van der Waals surface area (Å²) in [6, 6.07) is 0.390. The van der Waals surface area contributed by atoms with Crippen LogP contribution < -0.4 is 11.1 Å². The summed E-state index contributed by atoms with van der Waals surface area (Å²) in [7, 11) is 0. The summed E-state index contributed by atoms with van der Waals surface area (Å²) in [5, 5.41) is 6.24. The van der Waals surface area contributed by atoms with Crippen LogP contribution in [0.2, 0.25) is 0 Å². The highest BCUT2D eigenvalue weighted by molar-refractivity contribution is 7.13. The van der Waals surface area contributed by atoms with Gasteiger partial charge in [-0.05, 0) is 19.4 Å². The van der Waals surface area contributed by atoms with Crippen molar-refractivity contribution >= 4 is 16.5 Å². The van der Waals surface area contributed by atoms with E-state index in [0.717, 1.165) is 5.13 Å². The van der Waals surface area contributed by atoms with Gasteiger partial charge in [0.15, 0.2) is 5.13 Å². The van der Waals surface area contributed by atoms with Crippen molar-refractivity contribution < 1.29 is 0 Å². The first-order chi connectivity index (χ1) is 5.74. The predicted octanol–water partition coefficient (Wildman–Crippen LogP) is 1.54. The first-order valence-electron chi connectivity index (χ1n) is 4.10. The molecule has 1 heterocycles. The van der Waals surface area contributed by atoms with Crippen LogP contribution in [0, 0.1) is 5.92 Å². The third-order valence-electron chi connectivity index (χ3n) is 2.01. The second kappa shape index (κ2) is 4.42. The standard InChI is InChI=1S/C8H15N3S/c1-6(5-9)7(2)11-8-10-3-4-12-8/h3-4,6-7H,5,9H2,1-2H3,(H,10,11). The van der Waals surface area contributed by atoms with Gasteiger partial charge in [0.25, 0.3) is 0 Å². The van der Waals surface area contributed by atoms with Gasteiger partial charge in [0.1, 0.15) is 0 Å². The van der Waals surface area contributed by atoms with E-state index in [9.17, 15) is 0 Å². The zero-order valence-corrected chi connectivity index (χ0v) is 8.27. The molecule has 4 heteroatoms. The Kier molecular flexibility index (Phi) is 3.49. The molecule has 1 aromatic heterocycles. The summed E-state index contributed by atoms with van der Waals surface area (Å²) in [6.07, 6.45) is 1.80. The number of rotatable bonds is 4. The maximum Gasteiger partial charge on any atom is 0.182 e. The van der Waals surface area contributed by atoms with Gasteiger partial charge in [-0.3, -0.25) is 0 Å². The molecule has 2 unspecified atom stereocenters. The Bertz CT molecular complexity index is 210. The number of aromatic nitrogens is 1. The lowest BCUT2D eigenvalue weighted by atomic mass is 10.1. The lowest BCUT2D eigenvalue weighted by Crippen LogP contribution is -2.29. The zero-order valence-electron chi connectivity index (χ0n) is 7.45. The number of nitrogens with one attached hydrogen (secondary N) is 1. The molecule has 0 spiro atoms. The molecule has 0 saturated carbocycles. The minimum atomic E-state index is 0.390. The lowest BCUT2D eigenvalue weighted by molar-refractivity contribution is 0.521. The average molecular weight is 185 g/mol. The van der Waals surface area contributed by atoms with Crippen LogP contribution >= 0.6 is 11.3 Å². The SMILES string of the molecule is CC(CN)C(C)Nc1nccs1. The van der Waals surface area contributed by atoms with Crippen molar-refractivity contribution in [1.29, 1.82) is 0 Å². The predicted molar refractivity (Wildman–Crippen MR) is 53.4 cm³/mol. The van der Waals surface area contributed by atoms with Crippen molar-refractivity contribution in [2.24, 2.45) is 11.7 Å². The van der Waals surface area contributed by atoms with E-state index < -0.39 is 0 Å². The molecule has 2 atom stereocenters. The number of nitrogens with zero attached hydrogens (tertiary/aromatic N) is 1. The molecule has 0 aliphatic rings. The molecule has 0 saturated heterocycles. The molecule has 0 aromatic carbocycles. The summed E-state index contributed by atoms with van der Waals surface area (Å²) in [6.45, 7) is 4.96. The van der Waals surface area contributed by atoms with E-state index in [4.69, 9.17) is 5.73 Å². The quantitative estimate of drug-likeness (QED) is 0.748. The van der Waals surface area contributed by atoms with E-state index in [0.29, 0.717) is 18.5 Å². The number of anilines is 1. The topological polar surface area (TPSA) is 50.9 Å². The molecule has 0 amide bonds.